The van der Waals surface area contributed by atoms with E-state index < -0.39 is 24.2 Å². The second-order valence-corrected chi connectivity index (χ2v) is 11.5. The van der Waals surface area contributed by atoms with Crippen LogP contribution >= 0.6 is 0 Å². The molecule has 212 valence electrons. The van der Waals surface area contributed by atoms with Crippen LogP contribution in [0, 0.1) is 0 Å². The van der Waals surface area contributed by atoms with Crippen molar-refractivity contribution in [1.29, 1.82) is 0 Å². The molecule has 3 aromatic carbocycles. The average molecular weight is 553 g/mol. The minimum atomic E-state index is -0.819. The van der Waals surface area contributed by atoms with Crippen molar-refractivity contribution >= 4 is 34.4 Å². The van der Waals surface area contributed by atoms with Gasteiger partial charge in [-0.1, -0.05) is 72.8 Å². The van der Waals surface area contributed by atoms with Crippen LogP contribution in [0.25, 0.3) is 10.8 Å². The van der Waals surface area contributed by atoms with Crippen LogP contribution in [0.1, 0.15) is 43.2 Å². The van der Waals surface area contributed by atoms with Gasteiger partial charge in [-0.05, 0) is 54.0 Å². The van der Waals surface area contributed by atoms with Gasteiger partial charge < -0.3 is 20.4 Å². The molecule has 6 rings (SSSR count). The minimum absolute atomic E-state index is 0.0340. The van der Waals surface area contributed by atoms with E-state index in [2.05, 4.69) is 16.7 Å². The number of nitrogens with zero attached hydrogens (tertiary/aromatic N) is 2. The zero-order valence-electron chi connectivity index (χ0n) is 23.1. The van der Waals surface area contributed by atoms with Crippen LogP contribution in [0.2, 0.25) is 0 Å². The number of fused-ring (bicyclic) bond motifs is 3. The molecule has 0 aliphatic carbocycles. The third kappa shape index (κ3) is 5.82. The largest absolute Gasteiger partial charge is 0.351 e. The fraction of sp³-hybridized carbons (Fsp3) is 0.394. The van der Waals surface area contributed by atoms with Gasteiger partial charge in [0.2, 0.25) is 23.6 Å². The summed E-state index contributed by atoms with van der Waals surface area (Å²) in [5, 5.41) is 8.26. The van der Waals surface area contributed by atoms with Gasteiger partial charge in [0.1, 0.15) is 18.1 Å². The van der Waals surface area contributed by atoms with Gasteiger partial charge >= 0.3 is 0 Å². The number of rotatable bonds is 4. The smallest absolute Gasteiger partial charge is 0.246 e. The molecule has 8 heteroatoms. The Morgan fingerprint density at radius 3 is 2.12 bits per heavy atom. The standard InChI is InChI=1S/C33H36N4O4/c38-30-21-26(19-22-8-2-1-3-9-22)34-31(39)28-12-6-16-36(28)33(41)29-13-7-17-37(29)32(40)27(35-30)20-23-14-15-24-10-4-5-11-25(24)18-23/h1-5,8-11,14-15,18,26-29H,6-7,12-13,16-17,19-21H2,(H,34,39)(H,35,38). The molecule has 4 unspecified atom stereocenters. The minimum Gasteiger partial charge on any atom is -0.351 e. The fourth-order valence-corrected chi connectivity index (χ4v) is 6.63. The van der Waals surface area contributed by atoms with Crippen molar-refractivity contribution in [1.82, 2.24) is 20.4 Å². The lowest BCUT2D eigenvalue weighted by Crippen LogP contribution is -2.56. The average Bonchev–Trinajstić information content (AvgIpc) is 3.67. The number of hydrogen-bond acceptors (Lipinski definition) is 4. The molecule has 0 bridgehead atoms. The second kappa shape index (κ2) is 11.7. The molecule has 0 spiro atoms. The van der Waals surface area contributed by atoms with E-state index in [0.29, 0.717) is 45.2 Å². The first-order valence-electron chi connectivity index (χ1n) is 14.7. The van der Waals surface area contributed by atoms with Crippen LogP contribution in [0.5, 0.6) is 0 Å². The van der Waals surface area contributed by atoms with E-state index in [0.717, 1.165) is 28.3 Å². The number of hydrogen-bond donors (Lipinski definition) is 2. The van der Waals surface area contributed by atoms with Crippen LogP contribution in [-0.4, -0.2) is 70.7 Å². The maximum Gasteiger partial charge on any atom is 0.246 e. The van der Waals surface area contributed by atoms with E-state index >= 15 is 0 Å². The Hall–Kier alpha value is -4.20. The molecule has 41 heavy (non-hydrogen) atoms. The predicted molar refractivity (Wildman–Crippen MR) is 156 cm³/mol. The molecule has 0 saturated carbocycles. The maximum absolute atomic E-state index is 14.1. The third-order valence-corrected chi connectivity index (χ3v) is 8.65. The highest BCUT2D eigenvalue weighted by Crippen LogP contribution is 2.27. The SMILES string of the molecule is O=C1CC(Cc2ccccc2)NC(=O)C2CCCN2C(=O)C2CCCN2C(=O)C(Cc2ccc3ccccc3c2)N1. The lowest BCUT2D eigenvalue weighted by molar-refractivity contribution is -0.147. The Kier molecular flexibility index (Phi) is 7.72. The summed E-state index contributed by atoms with van der Waals surface area (Å²) in [6.45, 7) is 0.956. The molecular weight excluding hydrogens is 516 g/mol. The first kappa shape index (κ1) is 27.0. The third-order valence-electron chi connectivity index (χ3n) is 8.65. The molecule has 3 aliphatic heterocycles. The van der Waals surface area contributed by atoms with Crippen molar-refractivity contribution in [2.75, 3.05) is 13.1 Å². The Bertz CT molecular complexity index is 1460. The van der Waals surface area contributed by atoms with Gasteiger partial charge in [0.25, 0.3) is 0 Å². The van der Waals surface area contributed by atoms with Gasteiger partial charge in [-0.25, -0.2) is 0 Å². The fourth-order valence-electron chi connectivity index (χ4n) is 6.63. The summed E-state index contributed by atoms with van der Waals surface area (Å²) >= 11 is 0. The zero-order chi connectivity index (χ0) is 28.3. The van der Waals surface area contributed by atoms with Crippen molar-refractivity contribution in [2.45, 2.75) is 69.1 Å². The molecule has 3 heterocycles. The van der Waals surface area contributed by atoms with Crippen LogP contribution < -0.4 is 10.6 Å². The molecule has 3 aromatic rings. The molecule has 4 atom stereocenters. The van der Waals surface area contributed by atoms with E-state index in [-0.39, 0.29) is 30.0 Å². The summed E-state index contributed by atoms with van der Waals surface area (Å²) in [6, 6.07) is 21.3. The van der Waals surface area contributed by atoms with Gasteiger partial charge in [-0.2, -0.15) is 0 Å². The van der Waals surface area contributed by atoms with Gasteiger partial charge in [0.15, 0.2) is 0 Å². The number of nitrogens with one attached hydrogen (secondary N) is 2. The summed E-state index contributed by atoms with van der Waals surface area (Å²) in [7, 11) is 0. The summed E-state index contributed by atoms with van der Waals surface area (Å²) < 4.78 is 0. The van der Waals surface area contributed by atoms with Crippen LogP contribution in [-0.2, 0) is 32.0 Å². The molecule has 0 aromatic heterocycles. The monoisotopic (exact) mass is 552 g/mol. The summed E-state index contributed by atoms with van der Waals surface area (Å²) in [4.78, 5) is 58.2. The molecule has 0 radical (unpaired) electrons. The van der Waals surface area contributed by atoms with Gasteiger partial charge in [0.05, 0.1) is 0 Å². The second-order valence-electron chi connectivity index (χ2n) is 11.5. The first-order chi connectivity index (χ1) is 20.0. The molecule has 3 fully saturated rings. The number of benzene rings is 3. The van der Waals surface area contributed by atoms with Crippen LogP contribution in [0.3, 0.4) is 0 Å². The Morgan fingerprint density at radius 2 is 1.34 bits per heavy atom. The highest BCUT2D eigenvalue weighted by Gasteiger charge is 2.44. The quantitative estimate of drug-likeness (QED) is 0.520. The summed E-state index contributed by atoms with van der Waals surface area (Å²) in [5.74, 6) is -0.929. The van der Waals surface area contributed by atoms with E-state index in [1.807, 2.05) is 66.7 Å². The van der Waals surface area contributed by atoms with Crippen molar-refractivity contribution in [2.24, 2.45) is 0 Å². The molecule has 2 N–H and O–H groups in total. The molecule has 3 saturated heterocycles. The van der Waals surface area contributed by atoms with Gasteiger partial charge in [-0.15, -0.1) is 0 Å². The predicted octanol–water partition coefficient (Wildman–Crippen LogP) is 2.98. The van der Waals surface area contributed by atoms with E-state index in [9.17, 15) is 19.2 Å². The normalized spacial score (nSPS) is 25.6. The summed E-state index contributed by atoms with van der Waals surface area (Å²) in [6.07, 6.45) is 3.40. The molecule has 3 aliphatic rings. The highest BCUT2D eigenvalue weighted by molar-refractivity contribution is 5.96. The number of carbonyl (C=O) groups excluding carboxylic acids is 4. The lowest BCUT2D eigenvalue weighted by Gasteiger charge is -2.32. The molecule has 8 nitrogen and oxygen atoms in total. The van der Waals surface area contributed by atoms with Crippen molar-refractivity contribution < 1.29 is 19.2 Å². The Labute approximate surface area is 240 Å². The van der Waals surface area contributed by atoms with E-state index in [1.165, 1.54) is 0 Å². The number of amides is 4. The molecular formula is C33H36N4O4. The van der Waals surface area contributed by atoms with Crippen molar-refractivity contribution in [3.05, 3.63) is 83.9 Å². The van der Waals surface area contributed by atoms with Crippen LogP contribution in [0.4, 0.5) is 0 Å². The lowest BCUT2D eigenvalue weighted by atomic mass is 9.99. The van der Waals surface area contributed by atoms with Crippen LogP contribution in [0.15, 0.2) is 72.8 Å². The highest BCUT2D eigenvalue weighted by atomic mass is 16.2. The first-order valence-corrected chi connectivity index (χ1v) is 14.7. The Balaban J connectivity index is 1.33. The van der Waals surface area contributed by atoms with Crippen molar-refractivity contribution in [3.63, 3.8) is 0 Å². The van der Waals surface area contributed by atoms with Gasteiger partial charge in [0, 0.05) is 32.0 Å². The van der Waals surface area contributed by atoms with Crippen molar-refractivity contribution in [3.8, 4) is 0 Å². The van der Waals surface area contributed by atoms with Gasteiger partial charge in [-0.3, -0.25) is 19.2 Å². The topological polar surface area (TPSA) is 98.8 Å². The maximum atomic E-state index is 14.1. The van der Waals surface area contributed by atoms with E-state index in [1.54, 1.807) is 9.80 Å². The molecule has 4 amide bonds. The summed E-state index contributed by atoms with van der Waals surface area (Å²) in [5.41, 5.74) is 1.93. The van der Waals surface area contributed by atoms with E-state index in [4.69, 9.17) is 0 Å². The zero-order valence-corrected chi connectivity index (χ0v) is 23.1. The number of carbonyl (C=O) groups is 4. The Morgan fingerprint density at radius 1 is 0.659 bits per heavy atom.